The number of carbonyl (C=O) groups excluding carboxylic acids is 1. The second kappa shape index (κ2) is 9.92. The Morgan fingerprint density at radius 2 is 1.94 bits per heavy atom. The molecule has 0 radical (unpaired) electrons. The van der Waals surface area contributed by atoms with Gasteiger partial charge >= 0.3 is 0 Å². The summed E-state index contributed by atoms with van der Waals surface area (Å²) in [4.78, 5) is 26.6. The molecule has 1 saturated heterocycles. The van der Waals surface area contributed by atoms with Crippen molar-refractivity contribution in [1.82, 2.24) is 15.0 Å². The van der Waals surface area contributed by atoms with E-state index in [1.165, 1.54) is 6.33 Å². The first-order chi connectivity index (χ1) is 15.6. The van der Waals surface area contributed by atoms with Gasteiger partial charge in [0.1, 0.15) is 12.1 Å². The molecule has 0 atom stereocenters. The molecule has 1 fully saturated rings. The number of anilines is 4. The molecule has 2 aromatic carbocycles. The minimum atomic E-state index is -0.479. The Balaban J connectivity index is 1.46. The van der Waals surface area contributed by atoms with Crippen LogP contribution in [-0.4, -0.2) is 54.3 Å². The van der Waals surface area contributed by atoms with Gasteiger partial charge in [-0.05, 0) is 23.8 Å². The number of nitrogens with two attached hydrogens (primary N) is 1. The fourth-order valence-electron chi connectivity index (χ4n) is 3.45. The third-order valence-electron chi connectivity index (χ3n) is 5.10. The topological polar surface area (TPSA) is 128 Å². The van der Waals surface area contributed by atoms with Crippen LogP contribution in [0.15, 0.2) is 48.8 Å². The van der Waals surface area contributed by atoms with Crippen molar-refractivity contribution >= 4 is 29.2 Å². The van der Waals surface area contributed by atoms with E-state index in [4.69, 9.17) is 15.2 Å². The molecule has 3 aromatic rings. The standard InChI is InChI=1S/C22H25N7O3/c1-31-19-12-16(29-8-10-32-11-9-29)6-7-18(19)27-22-26-14-25-21(28-22)24-13-15-4-2-3-5-17(15)20(23)30/h2-7,12,14H,8-11,13H2,1H3,(H2,23,30)(H2,24,25,26,27,28). The van der Waals surface area contributed by atoms with E-state index < -0.39 is 5.91 Å². The largest absolute Gasteiger partial charge is 0.494 e. The Bertz CT molecular complexity index is 1090. The maximum atomic E-state index is 11.6. The number of morpholine rings is 1. The number of carbonyl (C=O) groups is 1. The molecule has 166 valence electrons. The predicted octanol–water partition coefficient (Wildman–Crippen LogP) is 2.17. The number of nitrogens with zero attached hydrogens (tertiary/aromatic N) is 4. The minimum absolute atomic E-state index is 0.347. The fourth-order valence-corrected chi connectivity index (χ4v) is 3.45. The highest BCUT2D eigenvalue weighted by Gasteiger charge is 2.14. The summed E-state index contributed by atoms with van der Waals surface area (Å²) in [5.74, 6) is 0.932. The second-order valence-corrected chi connectivity index (χ2v) is 7.12. The molecule has 2 heterocycles. The van der Waals surface area contributed by atoms with E-state index in [0.29, 0.717) is 43.0 Å². The summed E-state index contributed by atoms with van der Waals surface area (Å²) >= 11 is 0. The molecule has 1 aromatic heterocycles. The zero-order chi connectivity index (χ0) is 22.3. The van der Waals surface area contributed by atoms with Gasteiger partial charge in [-0.25, -0.2) is 9.97 Å². The third-order valence-corrected chi connectivity index (χ3v) is 5.10. The number of aromatic nitrogens is 3. The summed E-state index contributed by atoms with van der Waals surface area (Å²) in [6, 6.07) is 13.1. The van der Waals surface area contributed by atoms with Crippen molar-refractivity contribution in [2.45, 2.75) is 6.54 Å². The van der Waals surface area contributed by atoms with E-state index in [-0.39, 0.29) is 0 Å². The number of methoxy groups -OCH3 is 1. The molecule has 0 unspecified atom stereocenters. The van der Waals surface area contributed by atoms with Crippen LogP contribution in [0.5, 0.6) is 5.75 Å². The number of rotatable bonds is 8. The van der Waals surface area contributed by atoms with Gasteiger partial charge in [-0.3, -0.25) is 4.79 Å². The first kappa shape index (κ1) is 21.3. The van der Waals surface area contributed by atoms with Gasteiger partial charge in [0.05, 0.1) is 26.0 Å². The monoisotopic (exact) mass is 435 g/mol. The number of amides is 1. The summed E-state index contributed by atoms with van der Waals surface area (Å²) in [5, 5.41) is 6.28. The van der Waals surface area contributed by atoms with Gasteiger partial charge < -0.3 is 30.7 Å². The van der Waals surface area contributed by atoms with Crippen LogP contribution in [-0.2, 0) is 11.3 Å². The molecule has 0 bridgehead atoms. The van der Waals surface area contributed by atoms with Crippen LogP contribution in [0.1, 0.15) is 15.9 Å². The average molecular weight is 435 g/mol. The van der Waals surface area contributed by atoms with Crippen molar-refractivity contribution in [3.05, 3.63) is 59.9 Å². The maximum absolute atomic E-state index is 11.6. The first-order valence-corrected chi connectivity index (χ1v) is 10.2. The maximum Gasteiger partial charge on any atom is 0.249 e. The van der Waals surface area contributed by atoms with E-state index in [9.17, 15) is 4.79 Å². The van der Waals surface area contributed by atoms with Crippen LogP contribution in [0.4, 0.5) is 23.3 Å². The summed E-state index contributed by atoms with van der Waals surface area (Å²) in [6.45, 7) is 3.47. The van der Waals surface area contributed by atoms with Gasteiger partial charge in [0, 0.05) is 37.0 Å². The Morgan fingerprint density at radius 3 is 2.72 bits per heavy atom. The Labute approximate surface area is 185 Å². The Morgan fingerprint density at radius 1 is 1.16 bits per heavy atom. The molecule has 32 heavy (non-hydrogen) atoms. The van der Waals surface area contributed by atoms with Gasteiger partial charge in [-0.2, -0.15) is 4.98 Å². The zero-order valence-electron chi connectivity index (χ0n) is 17.7. The minimum Gasteiger partial charge on any atom is -0.494 e. The molecule has 0 aliphatic carbocycles. The molecule has 0 spiro atoms. The SMILES string of the molecule is COc1cc(N2CCOCC2)ccc1Nc1ncnc(NCc2ccccc2C(N)=O)n1. The van der Waals surface area contributed by atoms with E-state index in [0.717, 1.165) is 30.0 Å². The third kappa shape index (κ3) is 5.03. The summed E-state index contributed by atoms with van der Waals surface area (Å²) in [7, 11) is 1.63. The number of primary amides is 1. The number of benzene rings is 2. The van der Waals surface area contributed by atoms with Crippen molar-refractivity contribution < 1.29 is 14.3 Å². The van der Waals surface area contributed by atoms with Gasteiger partial charge in [-0.15, -0.1) is 0 Å². The summed E-state index contributed by atoms with van der Waals surface area (Å²) in [5.41, 5.74) is 8.46. The van der Waals surface area contributed by atoms with Gasteiger partial charge in [0.15, 0.2) is 0 Å². The van der Waals surface area contributed by atoms with Crippen molar-refractivity contribution in [2.24, 2.45) is 5.73 Å². The molecule has 1 aliphatic heterocycles. The highest BCUT2D eigenvalue weighted by atomic mass is 16.5. The Kier molecular flexibility index (Phi) is 6.61. The lowest BCUT2D eigenvalue weighted by Gasteiger charge is -2.29. The van der Waals surface area contributed by atoms with Crippen LogP contribution in [0.25, 0.3) is 0 Å². The quantitative estimate of drug-likeness (QED) is 0.488. The van der Waals surface area contributed by atoms with Crippen LogP contribution >= 0.6 is 0 Å². The second-order valence-electron chi connectivity index (χ2n) is 7.12. The summed E-state index contributed by atoms with van der Waals surface area (Å²) < 4.78 is 11.0. The lowest BCUT2D eigenvalue weighted by molar-refractivity contribution is 0.0999. The molecule has 4 N–H and O–H groups in total. The molecule has 10 nitrogen and oxygen atoms in total. The lowest BCUT2D eigenvalue weighted by atomic mass is 10.1. The van der Waals surface area contributed by atoms with Crippen molar-refractivity contribution in [2.75, 3.05) is 48.9 Å². The number of hydrogen-bond acceptors (Lipinski definition) is 9. The molecule has 1 aliphatic rings. The van der Waals surface area contributed by atoms with Crippen LogP contribution in [0.3, 0.4) is 0 Å². The van der Waals surface area contributed by atoms with E-state index in [2.05, 4.69) is 30.5 Å². The molecule has 0 saturated carbocycles. The molecular weight excluding hydrogens is 410 g/mol. The smallest absolute Gasteiger partial charge is 0.249 e. The number of nitrogens with one attached hydrogen (secondary N) is 2. The van der Waals surface area contributed by atoms with Crippen molar-refractivity contribution in [3.8, 4) is 5.75 Å². The molecular formula is C22H25N7O3. The fraction of sp³-hybridized carbons (Fsp3) is 0.273. The van der Waals surface area contributed by atoms with E-state index in [1.54, 1.807) is 19.2 Å². The van der Waals surface area contributed by atoms with Crippen molar-refractivity contribution in [3.63, 3.8) is 0 Å². The average Bonchev–Trinajstić information content (AvgIpc) is 2.84. The van der Waals surface area contributed by atoms with Gasteiger partial charge in [0.2, 0.25) is 17.8 Å². The number of ether oxygens (including phenoxy) is 2. The zero-order valence-corrected chi connectivity index (χ0v) is 17.7. The molecule has 1 amide bonds. The van der Waals surface area contributed by atoms with Crippen molar-refractivity contribution in [1.29, 1.82) is 0 Å². The van der Waals surface area contributed by atoms with Crippen LogP contribution in [0, 0.1) is 0 Å². The Hall–Kier alpha value is -3.92. The van der Waals surface area contributed by atoms with Gasteiger partial charge in [-0.1, -0.05) is 18.2 Å². The predicted molar refractivity (Wildman–Crippen MR) is 121 cm³/mol. The normalized spacial score (nSPS) is 13.5. The first-order valence-electron chi connectivity index (χ1n) is 10.2. The molecule has 10 heteroatoms. The van der Waals surface area contributed by atoms with E-state index in [1.807, 2.05) is 30.3 Å². The van der Waals surface area contributed by atoms with Gasteiger partial charge in [0.25, 0.3) is 0 Å². The highest BCUT2D eigenvalue weighted by Crippen LogP contribution is 2.31. The lowest BCUT2D eigenvalue weighted by Crippen LogP contribution is -2.36. The van der Waals surface area contributed by atoms with Crippen LogP contribution < -0.4 is 26.0 Å². The highest BCUT2D eigenvalue weighted by molar-refractivity contribution is 5.94. The molecule has 4 rings (SSSR count). The summed E-state index contributed by atoms with van der Waals surface area (Å²) in [6.07, 6.45) is 1.41. The van der Waals surface area contributed by atoms with E-state index >= 15 is 0 Å². The van der Waals surface area contributed by atoms with Crippen LogP contribution in [0.2, 0.25) is 0 Å². The number of hydrogen-bond donors (Lipinski definition) is 3.